The number of phenols is 1. The second kappa shape index (κ2) is 13.4. The molecule has 0 aliphatic carbocycles. The number of methoxy groups -OCH3 is 1. The Morgan fingerprint density at radius 1 is 1.19 bits per heavy atom. The van der Waals surface area contributed by atoms with Crippen LogP contribution in [0.15, 0.2) is 53.5 Å². The van der Waals surface area contributed by atoms with Gasteiger partial charge in [-0.3, -0.25) is 9.89 Å². The van der Waals surface area contributed by atoms with Crippen molar-refractivity contribution in [3.63, 3.8) is 0 Å². The van der Waals surface area contributed by atoms with Crippen LogP contribution >= 0.6 is 24.0 Å². The molecule has 31 heavy (non-hydrogen) atoms. The predicted molar refractivity (Wildman–Crippen MR) is 138 cm³/mol. The molecule has 1 atom stereocenters. The fraction of sp³-hybridized carbons (Fsp3) is 0.458. The van der Waals surface area contributed by atoms with Crippen LogP contribution < -0.4 is 15.4 Å². The molecule has 7 heteroatoms. The van der Waals surface area contributed by atoms with Gasteiger partial charge in [-0.2, -0.15) is 0 Å². The summed E-state index contributed by atoms with van der Waals surface area (Å²) in [6.45, 7) is 6.75. The van der Waals surface area contributed by atoms with Crippen LogP contribution in [0.25, 0.3) is 0 Å². The number of nitrogens with one attached hydrogen (secondary N) is 2. The van der Waals surface area contributed by atoms with Crippen LogP contribution in [0.1, 0.15) is 30.9 Å². The number of hydrogen-bond acceptors (Lipinski definition) is 4. The van der Waals surface area contributed by atoms with E-state index in [0.717, 1.165) is 50.5 Å². The van der Waals surface area contributed by atoms with Gasteiger partial charge in [0.2, 0.25) is 0 Å². The Balaban J connectivity index is 0.00000341. The summed E-state index contributed by atoms with van der Waals surface area (Å²) in [4.78, 5) is 7.28. The molecule has 0 saturated carbocycles. The lowest BCUT2D eigenvalue weighted by molar-refractivity contribution is 0.192. The average molecular weight is 538 g/mol. The number of ether oxygens (including phenoxy) is 1. The number of hydrogen-bond donors (Lipinski definition) is 3. The maximum absolute atomic E-state index is 9.74. The largest absolute Gasteiger partial charge is 0.504 e. The molecule has 0 aromatic heterocycles. The molecule has 1 heterocycles. The maximum Gasteiger partial charge on any atom is 0.191 e. The van der Waals surface area contributed by atoms with Crippen molar-refractivity contribution in [2.45, 2.75) is 38.8 Å². The standard InChI is InChI=1S/C24H34N4O2.HI/c1-3-25-24(26-14-13-19-11-12-22(29)23(16-19)30-2)27-21-10-7-15-28(18-21)17-20-8-5-4-6-9-20;/h4-6,8-9,11-12,16,21,29H,3,7,10,13-15,17-18H2,1-2H3,(H2,25,26,27);1H. The van der Waals surface area contributed by atoms with Gasteiger partial charge in [0.1, 0.15) is 0 Å². The topological polar surface area (TPSA) is 69.1 Å². The predicted octanol–water partition coefficient (Wildman–Crippen LogP) is 3.78. The van der Waals surface area contributed by atoms with E-state index < -0.39 is 0 Å². The van der Waals surface area contributed by atoms with Crippen LogP contribution in [0.4, 0.5) is 0 Å². The molecule has 3 N–H and O–H groups in total. The number of rotatable bonds is 8. The van der Waals surface area contributed by atoms with Gasteiger partial charge in [-0.25, -0.2) is 0 Å². The quantitative estimate of drug-likeness (QED) is 0.271. The van der Waals surface area contributed by atoms with Crippen molar-refractivity contribution in [3.05, 3.63) is 59.7 Å². The van der Waals surface area contributed by atoms with E-state index in [1.807, 2.05) is 12.1 Å². The van der Waals surface area contributed by atoms with Crippen LogP contribution in [0.2, 0.25) is 0 Å². The third-order valence-electron chi connectivity index (χ3n) is 5.35. The van der Waals surface area contributed by atoms with E-state index in [1.165, 1.54) is 12.0 Å². The molecular weight excluding hydrogens is 503 g/mol. The van der Waals surface area contributed by atoms with Gasteiger partial charge in [0.05, 0.1) is 7.11 Å². The summed E-state index contributed by atoms with van der Waals surface area (Å²) in [5, 5.41) is 16.7. The Bertz CT molecular complexity index is 816. The maximum atomic E-state index is 9.74. The van der Waals surface area contributed by atoms with Gasteiger partial charge in [-0.15, -0.1) is 24.0 Å². The van der Waals surface area contributed by atoms with Gasteiger partial charge in [0.25, 0.3) is 0 Å². The molecule has 0 spiro atoms. The Hall–Kier alpha value is -2.00. The molecule has 1 saturated heterocycles. The molecule has 0 radical (unpaired) electrons. The Morgan fingerprint density at radius 3 is 2.74 bits per heavy atom. The van der Waals surface area contributed by atoms with E-state index in [4.69, 9.17) is 9.73 Å². The third kappa shape index (κ3) is 8.22. The van der Waals surface area contributed by atoms with Gasteiger partial charge >= 0.3 is 0 Å². The lowest BCUT2D eigenvalue weighted by atomic mass is 10.0. The van der Waals surface area contributed by atoms with Crippen LogP contribution in [-0.2, 0) is 13.0 Å². The molecule has 0 amide bonds. The summed E-state index contributed by atoms with van der Waals surface area (Å²) in [6, 6.07) is 16.5. The molecule has 1 fully saturated rings. The minimum absolute atomic E-state index is 0. The van der Waals surface area contributed by atoms with Gasteiger partial charge in [-0.05, 0) is 56.0 Å². The number of halogens is 1. The number of likely N-dealkylation sites (tertiary alicyclic amines) is 1. The van der Waals surface area contributed by atoms with Gasteiger partial charge in [0.15, 0.2) is 17.5 Å². The second-order valence-corrected chi connectivity index (χ2v) is 7.72. The minimum atomic E-state index is 0. The van der Waals surface area contributed by atoms with Gasteiger partial charge < -0.3 is 20.5 Å². The highest BCUT2D eigenvalue weighted by Crippen LogP contribution is 2.26. The molecule has 1 aliphatic rings. The first-order valence-corrected chi connectivity index (χ1v) is 10.8. The van der Waals surface area contributed by atoms with Gasteiger partial charge in [-0.1, -0.05) is 36.4 Å². The summed E-state index contributed by atoms with van der Waals surface area (Å²) in [7, 11) is 1.56. The van der Waals surface area contributed by atoms with E-state index in [2.05, 4.69) is 52.8 Å². The van der Waals surface area contributed by atoms with Crippen LogP contribution in [0, 0.1) is 0 Å². The number of aliphatic imine (C=N–C) groups is 1. The molecule has 170 valence electrons. The number of phenolic OH excluding ortho intramolecular Hbond substituents is 1. The Labute approximate surface area is 203 Å². The summed E-state index contributed by atoms with van der Waals surface area (Å²) in [5.41, 5.74) is 2.46. The summed E-state index contributed by atoms with van der Waals surface area (Å²) >= 11 is 0. The zero-order valence-corrected chi connectivity index (χ0v) is 20.8. The zero-order valence-electron chi connectivity index (χ0n) is 18.5. The lowest BCUT2D eigenvalue weighted by Crippen LogP contribution is -2.51. The minimum Gasteiger partial charge on any atom is -0.504 e. The molecule has 3 rings (SSSR count). The number of nitrogens with zero attached hydrogens (tertiary/aromatic N) is 2. The van der Waals surface area contributed by atoms with E-state index in [1.54, 1.807) is 13.2 Å². The highest BCUT2D eigenvalue weighted by Gasteiger charge is 2.20. The third-order valence-corrected chi connectivity index (χ3v) is 5.35. The monoisotopic (exact) mass is 538 g/mol. The number of benzene rings is 2. The number of guanidine groups is 1. The first-order valence-electron chi connectivity index (χ1n) is 10.8. The van der Waals surface area contributed by atoms with Crippen LogP contribution in [-0.4, -0.2) is 55.3 Å². The molecular formula is C24H35IN4O2. The van der Waals surface area contributed by atoms with E-state index in [9.17, 15) is 5.11 Å². The fourth-order valence-corrected chi connectivity index (χ4v) is 3.85. The van der Waals surface area contributed by atoms with Crippen molar-refractivity contribution in [2.75, 3.05) is 33.3 Å². The number of aromatic hydroxyl groups is 1. The smallest absolute Gasteiger partial charge is 0.191 e. The van der Waals surface area contributed by atoms with Crippen molar-refractivity contribution in [1.29, 1.82) is 0 Å². The average Bonchev–Trinajstić information content (AvgIpc) is 2.76. The first kappa shape index (κ1) is 25.3. The van der Waals surface area contributed by atoms with Gasteiger partial charge in [0, 0.05) is 32.2 Å². The van der Waals surface area contributed by atoms with Crippen molar-refractivity contribution in [2.24, 2.45) is 4.99 Å². The Morgan fingerprint density at radius 2 is 2.00 bits per heavy atom. The number of piperidine rings is 1. The molecule has 1 unspecified atom stereocenters. The zero-order chi connectivity index (χ0) is 21.2. The molecule has 6 nitrogen and oxygen atoms in total. The second-order valence-electron chi connectivity index (χ2n) is 7.72. The highest BCUT2D eigenvalue weighted by atomic mass is 127. The first-order chi connectivity index (χ1) is 14.7. The van der Waals surface area contributed by atoms with Crippen molar-refractivity contribution >= 4 is 29.9 Å². The lowest BCUT2D eigenvalue weighted by Gasteiger charge is -2.34. The van der Waals surface area contributed by atoms with E-state index >= 15 is 0 Å². The van der Waals surface area contributed by atoms with Crippen LogP contribution in [0.5, 0.6) is 11.5 Å². The van der Waals surface area contributed by atoms with Crippen molar-refractivity contribution in [1.82, 2.24) is 15.5 Å². The van der Waals surface area contributed by atoms with Crippen molar-refractivity contribution < 1.29 is 9.84 Å². The highest BCUT2D eigenvalue weighted by molar-refractivity contribution is 14.0. The SMILES string of the molecule is CCNC(=NCCc1ccc(O)c(OC)c1)NC1CCCN(Cc2ccccc2)C1.I. The van der Waals surface area contributed by atoms with E-state index in [-0.39, 0.29) is 29.7 Å². The summed E-state index contributed by atoms with van der Waals surface area (Å²) < 4.78 is 5.19. The molecule has 0 bridgehead atoms. The Kier molecular flexibility index (Phi) is 10.9. The normalized spacial score (nSPS) is 17.0. The fourth-order valence-electron chi connectivity index (χ4n) is 3.85. The molecule has 2 aromatic rings. The summed E-state index contributed by atoms with van der Waals surface area (Å²) in [6.07, 6.45) is 3.14. The molecule has 1 aliphatic heterocycles. The van der Waals surface area contributed by atoms with E-state index in [0.29, 0.717) is 18.3 Å². The van der Waals surface area contributed by atoms with Crippen molar-refractivity contribution in [3.8, 4) is 11.5 Å². The summed E-state index contributed by atoms with van der Waals surface area (Å²) in [5.74, 6) is 1.54. The molecule has 2 aromatic carbocycles. The van der Waals surface area contributed by atoms with Crippen LogP contribution in [0.3, 0.4) is 0 Å².